The van der Waals surface area contributed by atoms with Gasteiger partial charge in [0.05, 0.1) is 12.3 Å². The highest BCUT2D eigenvalue weighted by molar-refractivity contribution is 5.73. The SMILES string of the molecule is CC(C)OC1=CC=N[N]1. The van der Waals surface area contributed by atoms with E-state index in [1.165, 1.54) is 0 Å². The largest absolute Gasteiger partial charge is 0.474 e. The summed E-state index contributed by atoms with van der Waals surface area (Å²) in [5, 5.41) is 3.60. The Bertz CT molecular complexity index is 149. The van der Waals surface area contributed by atoms with Crippen LogP contribution in [-0.4, -0.2) is 12.3 Å². The van der Waals surface area contributed by atoms with Gasteiger partial charge < -0.3 is 4.74 Å². The first-order valence-corrected chi connectivity index (χ1v) is 2.90. The Morgan fingerprint density at radius 3 is 2.78 bits per heavy atom. The Morgan fingerprint density at radius 1 is 1.56 bits per heavy atom. The van der Waals surface area contributed by atoms with Gasteiger partial charge in [-0.3, -0.25) is 0 Å². The number of nitrogens with zero attached hydrogens (tertiary/aromatic N) is 2. The smallest absolute Gasteiger partial charge is 0.235 e. The van der Waals surface area contributed by atoms with Gasteiger partial charge in [0.1, 0.15) is 0 Å². The summed E-state index contributed by atoms with van der Waals surface area (Å²) in [7, 11) is 0. The van der Waals surface area contributed by atoms with Gasteiger partial charge in [-0.1, -0.05) is 0 Å². The lowest BCUT2D eigenvalue weighted by atomic mass is 10.5. The van der Waals surface area contributed by atoms with E-state index in [0.717, 1.165) is 0 Å². The lowest BCUT2D eigenvalue weighted by Crippen LogP contribution is -2.05. The molecule has 0 fully saturated rings. The minimum absolute atomic E-state index is 0.182. The lowest BCUT2D eigenvalue weighted by Gasteiger charge is -2.06. The van der Waals surface area contributed by atoms with E-state index in [0.29, 0.717) is 5.88 Å². The molecule has 1 aliphatic heterocycles. The van der Waals surface area contributed by atoms with Gasteiger partial charge in [0, 0.05) is 6.08 Å². The molecular formula is C6H9N2O. The minimum atomic E-state index is 0.182. The van der Waals surface area contributed by atoms with Gasteiger partial charge in [-0.05, 0) is 13.8 Å². The number of rotatable bonds is 2. The van der Waals surface area contributed by atoms with E-state index in [2.05, 4.69) is 10.5 Å². The highest BCUT2D eigenvalue weighted by Crippen LogP contribution is 2.02. The molecule has 3 nitrogen and oxygen atoms in total. The molecule has 0 aromatic carbocycles. The fourth-order valence-electron chi connectivity index (χ4n) is 0.525. The van der Waals surface area contributed by atoms with Crippen LogP contribution in [0.25, 0.3) is 0 Å². The molecule has 0 bridgehead atoms. The molecule has 3 heteroatoms. The normalized spacial score (nSPS) is 15.7. The standard InChI is InChI=1S/C6H9N2O/c1-5(2)9-6-3-4-7-8-6/h3-5H,1-2H3. The van der Waals surface area contributed by atoms with Crippen LogP contribution in [0.3, 0.4) is 0 Å². The maximum Gasteiger partial charge on any atom is 0.235 e. The van der Waals surface area contributed by atoms with E-state index in [-0.39, 0.29) is 6.10 Å². The summed E-state index contributed by atoms with van der Waals surface area (Å²) in [4.78, 5) is 0. The number of ether oxygens (including phenoxy) is 1. The molecule has 0 saturated carbocycles. The number of hydrogen-bond acceptors (Lipinski definition) is 2. The Morgan fingerprint density at radius 2 is 2.33 bits per heavy atom. The van der Waals surface area contributed by atoms with Crippen LogP contribution in [0.2, 0.25) is 0 Å². The molecule has 0 aromatic rings. The van der Waals surface area contributed by atoms with Crippen LogP contribution in [-0.2, 0) is 4.74 Å². The van der Waals surface area contributed by atoms with Crippen molar-refractivity contribution < 1.29 is 4.74 Å². The molecule has 0 amide bonds. The van der Waals surface area contributed by atoms with Gasteiger partial charge in [-0.15, -0.1) is 5.43 Å². The zero-order chi connectivity index (χ0) is 6.69. The number of hydrogen-bond donors (Lipinski definition) is 0. The molecule has 1 rings (SSSR count). The fraction of sp³-hybridized carbons (Fsp3) is 0.500. The van der Waals surface area contributed by atoms with Crippen molar-refractivity contribution in [2.75, 3.05) is 0 Å². The zero-order valence-electron chi connectivity index (χ0n) is 5.53. The lowest BCUT2D eigenvalue weighted by molar-refractivity contribution is 0.132. The molecule has 1 radical (unpaired) electrons. The molecule has 0 saturated heterocycles. The summed E-state index contributed by atoms with van der Waals surface area (Å²) in [6.07, 6.45) is 3.53. The van der Waals surface area contributed by atoms with Crippen molar-refractivity contribution in [2.24, 2.45) is 5.10 Å². The van der Waals surface area contributed by atoms with E-state index in [9.17, 15) is 0 Å². The van der Waals surface area contributed by atoms with E-state index in [4.69, 9.17) is 4.74 Å². The van der Waals surface area contributed by atoms with Gasteiger partial charge in [-0.2, -0.15) is 5.10 Å². The Kier molecular flexibility index (Phi) is 1.72. The monoisotopic (exact) mass is 125 g/mol. The predicted molar refractivity (Wildman–Crippen MR) is 34.9 cm³/mol. The topological polar surface area (TPSA) is 35.7 Å². The summed E-state index contributed by atoms with van der Waals surface area (Å²) in [5.41, 5.74) is 3.68. The number of allylic oxidation sites excluding steroid dienone is 1. The highest BCUT2D eigenvalue weighted by atomic mass is 16.5. The molecule has 9 heavy (non-hydrogen) atoms. The van der Waals surface area contributed by atoms with Crippen LogP contribution >= 0.6 is 0 Å². The maximum absolute atomic E-state index is 5.18. The second-order valence-corrected chi connectivity index (χ2v) is 2.04. The fourth-order valence-corrected chi connectivity index (χ4v) is 0.525. The van der Waals surface area contributed by atoms with Crippen molar-refractivity contribution in [3.05, 3.63) is 12.0 Å². The molecule has 0 atom stereocenters. The third-order valence-electron chi connectivity index (χ3n) is 0.797. The van der Waals surface area contributed by atoms with Crippen molar-refractivity contribution in [3.63, 3.8) is 0 Å². The molecule has 0 aliphatic carbocycles. The van der Waals surface area contributed by atoms with Gasteiger partial charge in [0.25, 0.3) is 0 Å². The van der Waals surface area contributed by atoms with Crippen molar-refractivity contribution in [2.45, 2.75) is 20.0 Å². The van der Waals surface area contributed by atoms with Crippen molar-refractivity contribution in [1.29, 1.82) is 0 Å². The van der Waals surface area contributed by atoms with E-state index in [1.807, 2.05) is 13.8 Å². The molecular weight excluding hydrogens is 116 g/mol. The minimum Gasteiger partial charge on any atom is -0.474 e. The van der Waals surface area contributed by atoms with Crippen LogP contribution in [0, 0.1) is 0 Å². The molecule has 0 spiro atoms. The van der Waals surface area contributed by atoms with Crippen molar-refractivity contribution in [3.8, 4) is 0 Å². The molecule has 1 aliphatic rings. The average molecular weight is 125 g/mol. The second kappa shape index (κ2) is 2.53. The first kappa shape index (κ1) is 6.13. The quantitative estimate of drug-likeness (QED) is 0.539. The Labute approximate surface area is 54.4 Å². The summed E-state index contributed by atoms with van der Waals surface area (Å²) in [6, 6.07) is 0. The molecule has 0 N–H and O–H groups in total. The van der Waals surface area contributed by atoms with Crippen LogP contribution < -0.4 is 5.43 Å². The average Bonchev–Trinajstić information content (AvgIpc) is 2.15. The highest BCUT2D eigenvalue weighted by Gasteiger charge is 2.03. The Hall–Kier alpha value is -0.990. The van der Waals surface area contributed by atoms with Crippen LogP contribution in [0.15, 0.2) is 17.1 Å². The van der Waals surface area contributed by atoms with E-state index in [1.54, 1.807) is 12.3 Å². The summed E-state index contributed by atoms with van der Waals surface area (Å²) >= 11 is 0. The van der Waals surface area contributed by atoms with Gasteiger partial charge in [-0.25, -0.2) is 0 Å². The summed E-state index contributed by atoms with van der Waals surface area (Å²) in [5.74, 6) is 0.602. The molecule has 0 unspecified atom stereocenters. The third-order valence-corrected chi connectivity index (χ3v) is 0.797. The molecule has 49 valence electrons. The van der Waals surface area contributed by atoms with Gasteiger partial charge in [0.2, 0.25) is 5.88 Å². The maximum atomic E-state index is 5.18. The van der Waals surface area contributed by atoms with Crippen molar-refractivity contribution in [1.82, 2.24) is 5.43 Å². The second-order valence-electron chi connectivity index (χ2n) is 2.04. The first-order chi connectivity index (χ1) is 4.29. The zero-order valence-corrected chi connectivity index (χ0v) is 5.53. The van der Waals surface area contributed by atoms with Gasteiger partial charge >= 0.3 is 0 Å². The summed E-state index contributed by atoms with van der Waals surface area (Å²) < 4.78 is 5.18. The third kappa shape index (κ3) is 1.76. The van der Waals surface area contributed by atoms with Gasteiger partial charge in [0.15, 0.2) is 0 Å². The Balaban J connectivity index is 2.30. The van der Waals surface area contributed by atoms with E-state index >= 15 is 0 Å². The van der Waals surface area contributed by atoms with Crippen LogP contribution in [0.1, 0.15) is 13.8 Å². The molecule has 0 aromatic heterocycles. The van der Waals surface area contributed by atoms with Crippen molar-refractivity contribution >= 4 is 6.21 Å². The molecule has 1 heterocycles. The first-order valence-electron chi connectivity index (χ1n) is 2.90. The van der Waals surface area contributed by atoms with Crippen LogP contribution in [0.5, 0.6) is 0 Å². The predicted octanol–water partition coefficient (Wildman–Crippen LogP) is 0.857. The summed E-state index contributed by atoms with van der Waals surface area (Å²) in [6.45, 7) is 3.91. The van der Waals surface area contributed by atoms with E-state index < -0.39 is 0 Å². The van der Waals surface area contributed by atoms with Crippen LogP contribution in [0.4, 0.5) is 0 Å².